The molecule has 2 heterocycles. The summed E-state index contributed by atoms with van der Waals surface area (Å²) in [5.74, 6) is 0.185. The molecule has 4 rings (SSSR count). The van der Waals surface area contributed by atoms with Crippen molar-refractivity contribution in [2.75, 3.05) is 18.1 Å². The molecule has 4 nitrogen and oxygen atoms in total. The SMILES string of the molecule is O=c1[nH]c2ccc(Cl)cc2n1N1CCC(c2ccc(F)cc2)CC1. The predicted octanol–water partition coefficient (Wildman–Crippen LogP) is 3.64. The van der Waals surface area contributed by atoms with Crippen molar-refractivity contribution in [3.05, 3.63) is 69.4 Å². The second kappa shape index (κ2) is 5.98. The van der Waals surface area contributed by atoms with Gasteiger partial charge >= 0.3 is 5.69 Å². The monoisotopic (exact) mass is 345 g/mol. The summed E-state index contributed by atoms with van der Waals surface area (Å²) in [5, 5.41) is 2.66. The number of hydrogen-bond donors (Lipinski definition) is 1. The van der Waals surface area contributed by atoms with Gasteiger partial charge in [0.1, 0.15) is 5.82 Å². The average molecular weight is 346 g/mol. The number of nitrogens with zero attached hydrogens (tertiary/aromatic N) is 2. The van der Waals surface area contributed by atoms with Crippen LogP contribution in [0.3, 0.4) is 0 Å². The number of H-pyrrole nitrogens is 1. The van der Waals surface area contributed by atoms with Gasteiger partial charge in [0.15, 0.2) is 0 Å². The summed E-state index contributed by atoms with van der Waals surface area (Å²) in [7, 11) is 0. The number of imidazole rings is 1. The highest BCUT2D eigenvalue weighted by atomic mass is 35.5. The topological polar surface area (TPSA) is 41.0 Å². The van der Waals surface area contributed by atoms with Crippen LogP contribution in [0.4, 0.5) is 4.39 Å². The fourth-order valence-corrected chi connectivity index (χ4v) is 3.64. The number of halogens is 2. The zero-order valence-corrected chi connectivity index (χ0v) is 13.8. The second-order valence-corrected chi connectivity index (χ2v) is 6.62. The van der Waals surface area contributed by atoms with Gasteiger partial charge in [0.2, 0.25) is 0 Å². The van der Waals surface area contributed by atoms with Crippen LogP contribution in [0.2, 0.25) is 5.02 Å². The fourth-order valence-electron chi connectivity index (χ4n) is 3.48. The Kier molecular flexibility index (Phi) is 3.81. The Morgan fingerprint density at radius 1 is 1.08 bits per heavy atom. The Bertz CT molecular complexity index is 924. The van der Waals surface area contributed by atoms with E-state index in [1.807, 2.05) is 18.2 Å². The van der Waals surface area contributed by atoms with Crippen LogP contribution in [-0.4, -0.2) is 22.7 Å². The smallest absolute Gasteiger partial charge is 0.308 e. The van der Waals surface area contributed by atoms with Crippen LogP contribution in [0.5, 0.6) is 0 Å². The van der Waals surface area contributed by atoms with Gasteiger partial charge in [-0.25, -0.2) is 13.9 Å². The van der Waals surface area contributed by atoms with E-state index in [2.05, 4.69) is 9.99 Å². The van der Waals surface area contributed by atoms with Crippen molar-refractivity contribution in [3.8, 4) is 0 Å². The van der Waals surface area contributed by atoms with Crippen LogP contribution < -0.4 is 10.7 Å². The average Bonchev–Trinajstić information content (AvgIpc) is 2.91. The molecule has 0 bridgehead atoms. The third kappa shape index (κ3) is 2.69. The molecule has 1 aliphatic heterocycles. The molecule has 0 radical (unpaired) electrons. The number of fused-ring (bicyclic) bond motifs is 1. The van der Waals surface area contributed by atoms with Crippen LogP contribution in [0.15, 0.2) is 47.3 Å². The molecule has 2 aromatic carbocycles. The molecule has 1 aromatic heterocycles. The van der Waals surface area contributed by atoms with Gasteiger partial charge in [-0.3, -0.25) is 0 Å². The second-order valence-electron chi connectivity index (χ2n) is 6.18. The largest absolute Gasteiger partial charge is 0.345 e. The Morgan fingerprint density at radius 3 is 2.50 bits per heavy atom. The Morgan fingerprint density at radius 2 is 1.79 bits per heavy atom. The van der Waals surface area contributed by atoms with E-state index in [0.29, 0.717) is 10.9 Å². The van der Waals surface area contributed by atoms with Gasteiger partial charge in [0.25, 0.3) is 0 Å². The van der Waals surface area contributed by atoms with Gasteiger partial charge in [-0.05, 0) is 54.7 Å². The summed E-state index contributed by atoms with van der Waals surface area (Å²) in [5.41, 5.74) is 2.59. The molecule has 124 valence electrons. The minimum absolute atomic E-state index is 0.146. The van der Waals surface area contributed by atoms with Crippen molar-refractivity contribution in [2.24, 2.45) is 0 Å². The third-order valence-corrected chi connectivity index (χ3v) is 4.95. The quantitative estimate of drug-likeness (QED) is 0.770. The number of benzene rings is 2. The van der Waals surface area contributed by atoms with Crippen LogP contribution in [-0.2, 0) is 0 Å². The van der Waals surface area contributed by atoms with Gasteiger partial charge < -0.3 is 9.99 Å². The van der Waals surface area contributed by atoms with Crippen molar-refractivity contribution in [1.82, 2.24) is 9.66 Å². The Labute approximate surface area is 143 Å². The number of rotatable bonds is 2. The lowest BCUT2D eigenvalue weighted by Gasteiger charge is -2.34. The molecule has 0 saturated carbocycles. The zero-order valence-electron chi connectivity index (χ0n) is 13.0. The standard InChI is InChI=1S/C18H17ClFN3O/c19-14-3-6-16-17(11-14)23(18(24)21-16)22-9-7-13(8-10-22)12-1-4-15(20)5-2-12/h1-6,11,13H,7-10H2,(H,21,24). The van der Waals surface area contributed by atoms with Crippen LogP contribution in [0.1, 0.15) is 24.3 Å². The first-order valence-electron chi connectivity index (χ1n) is 8.03. The van der Waals surface area contributed by atoms with E-state index in [-0.39, 0.29) is 11.5 Å². The van der Waals surface area contributed by atoms with Crippen molar-refractivity contribution < 1.29 is 4.39 Å². The van der Waals surface area contributed by atoms with Crippen LogP contribution >= 0.6 is 11.6 Å². The number of hydrogen-bond acceptors (Lipinski definition) is 2. The van der Waals surface area contributed by atoms with Crippen molar-refractivity contribution in [3.63, 3.8) is 0 Å². The lowest BCUT2D eigenvalue weighted by molar-refractivity contribution is 0.434. The van der Waals surface area contributed by atoms with Gasteiger partial charge in [-0.2, -0.15) is 0 Å². The molecule has 1 saturated heterocycles. The molecule has 1 fully saturated rings. The maximum atomic E-state index is 13.1. The molecule has 0 aliphatic carbocycles. The summed E-state index contributed by atoms with van der Waals surface area (Å²) in [6.45, 7) is 1.53. The predicted molar refractivity (Wildman–Crippen MR) is 93.9 cm³/mol. The molecule has 0 spiro atoms. The van der Waals surface area contributed by atoms with Gasteiger partial charge in [-0.15, -0.1) is 0 Å². The van der Waals surface area contributed by atoms with Crippen LogP contribution in [0.25, 0.3) is 11.0 Å². The highest BCUT2D eigenvalue weighted by molar-refractivity contribution is 6.31. The molecule has 0 amide bonds. The van der Waals surface area contributed by atoms with Gasteiger partial charge in [0.05, 0.1) is 11.0 Å². The normalized spacial score (nSPS) is 16.0. The maximum absolute atomic E-state index is 13.1. The molecule has 1 aliphatic rings. The summed E-state index contributed by atoms with van der Waals surface area (Å²) in [4.78, 5) is 15.2. The van der Waals surface area contributed by atoms with Crippen molar-refractivity contribution >= 4 is 22.6 Å². The molecule has 3 aromatic rings. The van der Waals surface area contributed by atoms with E-state index in [1.54, 1.807) is 16.8 Å². The third-order valence-electron chi connectivity index (χ3n) is 4.72. The molecule has 0 atom stereocenters. The highest BCUT2D eigenvalue weighted by Gasteiger charge is 2.23. The molecule has 6 heteroatoms. The highest BCUT2D eigenvalue weighted by Crippen LogP contribution is 2.28. The summed E-state index contributed by atoms with van der Waals surface area (Å²) >= 11 is 6.08. The summed E-state index contributed by atoms with van der Waals surface area (Å²) in [6, 6.07) is 12.1. The lowest BCUT2D eigenvalue weighted by atomic mass is 9.90. The van der Waals surface area contributed by atoms with E-state index in [9.17, 15) is 9.18 Å². The van der Waals surface area contributed by atoms with E-state index in [1.165, 1.54) is 12.1 Å². The molecule has 0 unspecified atom stereocenters. The van der Waals surface area contributed by atoms with Crippen LogP contribution in [0, 0.1) is 5.82 Å². The van der Waals surface area contributed by atoms with Crippen molar-refractivity contribution in [2.45, 2.75) is 18.8 Å². The summed E-state index contributed by atoms with van der Waals surface area (Å²) in [6.07, 6.45) is 1.84. The Balaban J connectivity index is 1.58. The molecular weight excluding hydrogens is 329 g/mol. The minimum Gasteiger partial charge on any atom is -0.308 e. The van der Waals surface area contributed by atoms with E-state index < -0.39 is 0 Å². The summed E-state index contributed by atoms with van der Waals surface area (Å²) < 4.78 is 14.7. The lowest BCUT2D eigenvalue weighted by Crippen LogP contribution is -2.45. The number of aromatic amines is 1. The van der Waals surface area contributed by atoms with Gasteiger partial charge in [0, 0.05) is 18.1 Å². The van der Waals surface area contributed by atoms with Gasteiger partial charge in [-0.1, -0.05) is 23.7 Å². The number of nitrogens with one attached hydrogen (secondary N) is 1. The molecule has 1 N–H and O–H groups in total. The fraction of sp³-hybridized carbons (Fsp3) is 0.278. The molecular formula is C18H17ClFN3O. The Hall–Kier alpha value is -2.27. The number of aromatic nitrogens is 2. The van der Waals surface area contributed by atoms with E-state index in [0.717, 1.165) is 42.5 Å². The maximum Gasteiger partial charge on any atom is 0.345 e. The van der Waals surface area contributed by atoms with E-state index in [4.69, 9.17) is 11.6 Å². The zero-order chi connectivity index (χ0) is 16.7. The number of piperidine rings is 1. The van der Waals surface area contributed by atoms with Crippen molar-refractivity contribution in [1.29, 1.82) is 0 Å². The first kappa shape index (κ1) is 15.3. The van der Waals surface area contributed by atoms with E-state index >= 15 is 0 Å². The first-order valence-corrected chi connectivity index (χ1v) is 8.40. The minimum atomic E-state index is -0.210. The molecule has 24 heavy (non-hydrogen) atoms. The first-order chi connectivity index (χ1) is 11.6.